The molecule has 1 heterocycles. The number of anilines is 2. The van der Waals surface area contributed by atoms with Gasteiger partial charge in [-0.2, -0.15) is 0 Å². The van der Waals surface area contributed by atoms with Gasteiger partial charge in [0.05, 0.1) is 19.2 Å². The molecular formula is C32H39N3O4. The van der Waals surface area contributed by atoms with E-state index < -0.39 is 0 Å². The Balaban J connectivity index is 0.00000100. The Morgan fingerprint density at radius 1 is 0.846 bits per heavy atom. The molecule has 0 aromatic heterocycles. The molecular weight excluding hydrogens is 490 g/mol. The van der Waals surface area contributed by atoms with E-state index in [0.717, 1.165) is 42.7 Å². The van der Waals surface area contributed by atoms with Crippen LogP contribution in [0, 0.1) is 0 Å². The van der Waals surface area contributed by atoms with Crippen molar-refractivity contribution in [2.75, 3.05) is 37.4 Å². The Labute approximate surface area is 231 Å². The predicted octanol–water partition coefficient (Wildman–Crippen LogP) is 6.25. The zero-order chi connectivity index (χ0) is 28.4. The number of ether oxygens (including phenoxy) is 1. The number of esters is 1. The number of hydrogen-bond acceptors (Lipinski definition) is 6. The van der Waals surface area contributed by atoms with Crippen molar-refractivity contribution < 1.29 is 19.1 Å². The number of carbonyl (C=O) groups excluding carboxylic acids is 3. The first-order chi connectivity index (χ1) is 19.0. The molecule has 0 spiro atoms. The molecule has 39 heavy (non-hydrogen) atoms. The minimum Gasteiger partial charge on any atom is -0.465 e. The number of ketones is 1. The van der Waals surface area contributed by atoms with Crippen molar-refractivity contribution in [3.63, 3.8) is 0 Å². The molecule has 7 heteroatoms. The molecule has 0 atom stereocenters. The second-order valence-electron chi connectivity index (χ2n) is 8.92. The molecule has 3 aromatic rings. The SMILES string of the molecule is CC.CC.COC(=O)c1ccccc1NC1CCN(CC(=O)Nc2ccc3c(c2)-c2ccccc2C3=O)CC1. The summed E-state index contributed by atoms with van der Waals surface area (Å²) < 4.78 is 4.87. The van der Waals surface area contributed by atoms with Crippen molar-refractivity contribution >= 4 is 29.0 Å². The molecule has 0 unspecified atom stereocenters. The molecule has 206 valence electrons. The van der Waals surface area contributed by atoms with Crippen molar-refractivity contribution in [3.8, 4) is 11.1 Å². The van der Waals surface area contributed by atoms with Gasteiger partial charge in [-0.3, -0.25) is 14.5 Å². The third-order valence-corrected chi connectivity index (χ3v) is 6.66. The molecule has 1 fully saturated rings. The standard InChI is InChI=1S/C28H27N3O4.2C2H6/c1-35-28(34)23-8-4-5-9-25(23)29-18-12-14-31(15-13-18)17-26(32)30-19-10-11-22-24(16-19)20-6-2-3-7-21(20)27(22)33;2*1-2/h2-11,16,18,29H,12-15,17H2,1H3,(H,30,32);2*1-2H3. The zero-order valence-corrected chi connectivity index (χ0v) is 23.5. The molecule has 1 aliphatic heterocycles. The van der Waals surface area contributed by atoms with Gasteiger partial charge in [-0.15, -0.1) is 0 Å². The summed E-state index contributed by atoms with van der Waals surface area (Å²) in [7, 11) is 1.38. The predicted molar refractivity (Wildman–Crippen MR) is 158 cm³/mol. The molecule has 1 aliphatic carbocycles. The number of hydrogen-bond donors (Lipinski definition) is 2. The van der Waals surface area contributed by atoms with Gasteiger partial charge in [0.1, 0.15) is 0 Å². The van der Waals surface area contributed by atoms with E-state index >= 15 is 0 Å². The lowest BCUT2D eigenvalue weighted by molar-refractivity contribution is -0.117. The highest BCUT2D eigenvalue weighted by atomic mass is 16.5. The molecule has 2 N–H and O–H groups in total. The molecule has 7 nitrogen and oxygen atoms in total. The lowest BCUT2D eigenvalue weighted by atomic mass is 10.0. The fourth-order valence-corrected chi connectivity index (χ4v) is 4.86. The molecule has 0 saturated carbocycles. The summed E-state index contributed by atoms with van der Waals surface area (Å²) >= 11 is 0. The molecule has 1 amide bonds. The van der Waals surface area contributed by atoms with E-state index in [2.05, 4.69) is 15.5 Å². The minimum absolute atomic E-state index is 0.0270. The maximum Gasteiger partial charge on any atom is 0.339 e. The van der Waals surface area contributed by atoms with Gasteiger partial charge in [-0.05, 0) is 54.3 Å². The first-order valence-electron chi connectivity index (χ1n) is 13.8. The molecule has 3 aromatic carbocycles. The Hall–Kier alpha value is -3.97. The third kappa shape index (κ3) is 6.92. The van der Waals surface area contributed by atoms with Gasteiger partial charge in [0.15, 0.2) is 5.78 Å². The summed E-state index contributed by atoms with van der Waals surface area (Å²) in [5, 5.41) is 6.44. The van der Waals surface area contributed by atoms with Crippen LogP contribution in [0.5, 0.6) is 0 Å². The summed E-state index contributed by atoms with van der Waals surface area (Å²) in [5.41, 5.74) is 5.13. The van der Waals surface area contributed by atoms with Crippen LogP contribution in [0.1, 0.15) is 66.8 Å². The highest BCUT2D eigenvalue weighted by molar-refractivity contribution is 6.22. The fourth-order valence-electron chi connectivity index (χ4n) is 4.86. The molecule has 0 bridgehead atoms. The van der Waals surface area contributed by atoms with Crippen LogP contribution in [0.25, 0.3) is 11.1 Å². The Kier molecular flexibility index (Phi) is 10.8. The van der Waals surface area contributed by atoms with Crippen LogP contribution in [0.2, 0.25) is 0 Å². The van der Waals surface area contributed by atoms with Gasteiger partial charge in [-0.1, -0.05) is 64.1 Å². The van der Waals surface area contributed by atoms with Crippen LogP contribution in [0.4, 0.5) is 11.4 Å². The van der Waals surface area contributed by atoms with Crippen LogP contribution >= 0.6 is 0 Å². The summed E-state index contributed by atoms with van der Waals surface area (Å²) in [6, 6.07) is 20.6. The second kappa shape index (κ2) is 14.3. The lowest BCUT2D eigenvalue weighted by Crippen LogP contribution is -2.42. The first kappa shape index (κ1) is 29.6. The number of benzene rings is 3. The van der Waals surface area contributed by atoms with E-state index in [-0.39, 0.29) is 23.7 Å². The van der Waals surface area contributed by atoms with E-state index in [9.17, 15) is 14.4 Å². The highest BCUT2D eigenvalue weighted by Crippen LogP contribution is 2.37. The van der Waals surface area contributed by atoms with Crippen molar-refractivity contribution in [2.24, 2.45) is 0 Å². The minimum atomic E-state index is -0.360. The number of fused-ring (bicyclic) bond motifs is 3. The first-order valence-corrected chi connectivity index (χ1v) is 13.8. The van der Waals surface area contributed by atoms with Crippen LogP contribution in [-0.4, -0.2) is 55.3 Å². The second-order valence-corrected chi connectivity index (χ2v) is 8.92. The van der Waals surface area contributed by atoms with E-state index in [4.69, 9.17) is 4.74 Å². The highest BCUT2D eigenvalue weighted by Gasteiger charge is 2.27. The van der Waals surface area contributed by atoms with Crippen LogP contribution in [0.3, 0.4) is 0 Å². The number of nitrogens with one attached hydrogen (secondary N) is 2. The number of carbonyl (C=O) groups is 3. The zero-order valence-electron chi connectivity index (χ0n) is 23.5. The van der Waals surface area contributed by atoms with Crippen molar-refractivity contribution in [2.45, 2.75) is 46.6 Å². The van der Waals surface area contributed by atoms with Gasteiger partial charge in [0.25, 0.3) is 0 Å². The summed E-state index contributed by atoms with van der Waals surface area (Å²) in [6.45, 7) is 9.85. The van der Waals surface area contributed by atoms with Crippen molar-refractivity contribution in [1.29, 1.82) is 0 Å². The van der Waals surface area contributed by atoms with Gasteiger partial charge in [0.2, 0.25) is 5.91 Å². The Morgan fingerprint density at radius 3 is 2.15 bits per heavy atom. The monoisotopic (exact) mass is 529 g/mol. The van der Waals surface area contributed by atoms with Crippen LogP contribution < -0.4 is 10.6 Å². The number of nitrogens with zero attached hydrogens (tertiary/aromatic N) is 1. The number of piperidine rings is 1. The van der Waals surface area contributed by atoms with E-state index in [1.165, 1.54) is 7.11 Å². The maximum atomic E-state index is 12.7. The van der Waals surface area contributed by atoms with E-state index in [1.54, 1.807) is 18.2 Å². The van der Waals surface area contributed by atoms with Gasteiger partial charge < -0.3 is 15.4 Å². The average molecular weight is 530 g/mol. The van der Waals surface area contributed by atoms with Gasteiger partial charge in [-0.25, -0.2) is 4.79 Å². The van der Waals surface area contributed by atoms with Gasteiger partial charge >= 0.3 is 5.97 Å². The van der Waals surface area contributed by atoms with Crippen molar-refractivity contribution in [1.82, 2.24) is 4.90 Å². The third-order valence-electron chi connectivity index (χ3n) is 6.66. The van der Waals surface area contributed by atoms with Crippen LogP contribution in [-0.2, 0) is 9.53 Å². The fraction of sp³-hybridized carbons (Fsp3) is 0.344. The Morgan fingerprint density at radius 2 is 1.46 bits per heavy atom. The molecule has 1 saturated heterocycles. The molecule has 5 rings (SSSR count). The number of methoxy groups -OCH3 is 1. The quantitative estimate of drug-likeness (QED) is 0.287. The number of para-hydroxylation sites is 1. The Bertz CT molecular complexity index is 1300. The van der Waals surface area contributed by atoms with Crippen molar-refractivity contribution in [3.05, 3.63) is 83.4 Å². The molecule has 2 aliphatic rings. The molecule has 0 radical (unpaired) electrons. The number of amides is 1. The smallest absolute Gasteiger partial charge is 0.339 e. The van der Waals surface area contributed by atoms with E-state index in [1.807, 2.05) is 76.2 Å². The summed E-state index contributed by atoms with van der Waals surface area (Å²) in [4.78, 5) is 39.4. The summed E-state index contributed by atoms with van der Waals surface area (Å²) in [6.07, 6.45) is 1.72. The normalized spacial score (nSPS) is 14.0. The number of rotatable bonds is 6. The summed E-state index contributed by atoms with van der Waals surface area (Å²) in [5.74, 6) is -0.411. The average Bonchev–Trinajstić information content (AvgIpc) is 3.27. The van der Waals surface area contributed by atoms with Gasteiger partial charge in [0, 0.05) is 41.6 Å². The largest absolute Gasteiger partial charge is 0.465 e. The number of likely N-dealkylation sites (tertiary alicyclic amines) is 1. The van der Waals surface area contributed by atoms with Crippen LogP contribution in [0.15, 0.2) is 66.7 Å². The van der Waals surface area contributed by atoms with E-state index in [0.29, 0.717) is 28.9 Å². The topological polar surface area (TPSA) is 87.7 Å². The maximum absolute atomic E-state index is 12.7. The lowest BCUT2D eigenvalue weighted by Gasteiger charge is -2.32.